The van der Waals surface area contributed by atoms with Gasteiger partial charge in [-0.2, -0.15) is 0 Å². The number of ether oxygens (including phenoxy) is 3. The van der Waals surface area contributed by atoms with Gasteiger partial charge in [0.1, 0.15) is 30.3 Å². The number of benzene rings is 2. The Morgan fingerprint density at radius 2 is 0.960 bits per heavy atom. The number of halogens is 1. The highest BCUT2D eigenvalue weighted by Gasteiger charge is 2.46. The van der Waals surface area contributed by atoms with Crippen molar-refractivity contribution < 1.29 is 67.3 Å². The summed E-state index contributed by atoms with van der Waals surface area (Å²) in [7, 11) is 0. The maximum Gasteiger partial charge on any atom is 0.316 e. The van der Waals surface area contributed by atoms with Gasteiger partial charge in [0, 0.05) is 36.7 Å². The molecule has 0 unspecified atom stereocenters. The highest BCUT2D eigenvalue weighted by Crippen LogP contribution is 2.43. The Morgan fingerprint density at radius 1 is 0.566 bits per heavy atom. The molecule has 0 radical (unpaired) electrons. The number of hydrogen-bond acceptors (Lipinski definition) is 18. The smallest absolute Gasteiger partial charge is 0.316 e. The molecule has 4 fully saturated rings. The average molecular weight is 1390 g/mol. The van der Waals surface area contributed by atoms with Crippen molar-refractivity contribution in [3.8, 4) is 0 Å². The number of hydrogen-bond donors (Lipinski definition) is 7. The first kappa shape index (κ1) is 76.6. The van der Waals surface area contributed by atoms with Gasteiger partial charge < -0.3 is 40.6 Å². The lowest BCUT2D eigenvalue weighted by Crippen LogP contribution is -2.61. The van der Waals surface area contributed by atoms with Gasteiger partial charge in [-0.1, -0.05) is 102 Å². The number of aliphatic hydroxyl groups is 1. The van der Waals surface area contributed by atoms with Gasteiger partial charge in [-0.3, -0.25) is 67.9 Å². The van der Waals surface area contributed by atoms with E-state index in [2.05, 4.69) is 32.1 Å². The second kappa shape index (κ2) is 34.7. The van der Waals surface area contributed by atoms with Gasteiger partial charge in [-0.15, -0.1) is 0 Å². The second-order valence-corrected chi connectivity index (χ2v) is 28.2. The molecule has 99 heavy (non-hydrogen) atoms. The number of esters is 3. The third-order valence-corrected chi connectivity index (χ3v) is 19.3. The highest BCUT2D eigenvalue weighted by molar-refractivity contribution is 6.63. The van der Waals surface area contributed by atoms with Crippen molar-refractivity contribution in [3.05, 3.63) is 95.3 Å². The Bertz CT molecular complexity index is 3660. The first-order chi connectivity index (χ1) is 47.1. The van der Waals surface area contributed by atoms with Gasteiger partial charge in [-0.25, -0.2) is 10.9 Å². The SMILES string of the molecule is CC(C)[C@@H]1OC(=O)C2(/C=C/c3ccc4ccc(nc4c3)[C@@H](C)NC(=O)[C@@H]3CCCN(N3)C(=O)[C@H](C)NC1=O)CCC(O)CC2.CCCC(=O)Cl.CCCC(=O)OC1CCC2(/C=C/c3ccc4ccc(nc4c3)[C@@H](C)NC(=O)[C@@H]3CCCN(N3)C(=O)[C@H](C)NC(=O)[C@H](C(C)C)OC2=O)CC1. The third-order valence-electron chi connectivity index (χ3n) is 19.1. The molecule has 2 saturated heterocycles. The molecule has 4 aromatic rings. The number of cyclic esters (lactones) is 2. The fourth-order valence-corrected chi connectivity index (χ4v) is 13.2. The Labute approximate surface area is 584 Å². The normalized spacial score (nSPS) is 29.0. The van der Waals surface area contributed by atoms with Crippen LogP contribution in [-0.4, -0.2) is 145 Å². The summed E-state index contributed by atoms with van der Waals surface area (Å²) in [5.74, 6) is -4.49. The van der Waals surface area contributed by atoms with Gasteiger partial charge in [0.25, 0.3) is 23.6 Å². The molecule has 2 aromatic heterocycles. The monoisotopic (exact) mass is 1390 g/mol. The van der Waals surface area contributed by atoms with Crippen molar-refractivity contribution in [3.63, 3.8) is 0 Å². The molecular formula is C74H99ClN10O14. The van der Waals surface area contributed by atoms with Crippen LogP contribution in [0.2, 0.25) is 0 Å². The number of nitrogens with one attached hydrogen (secondary N) is 6. The molecule has 4 aliphatic heterocycles. The van der Waals surface area contributed by atoms with E-state index in [0.717, 1.165) is 39.4 Å². The predicted octanol–water partition coefficient (Wildman–Crippen LogP) is 8.76. The summed E-state index contributed by atoms with van der Waals surface area (Å²) < 4.78 is 17.6. The number of carbonyl (C=O) groups is 10. The molecule has 10 bridgehead atoms. The number of aromatic nitrogens is 2. The van der Waals surface area contributed by atoms with Crippen LogP contribution in [0.25, 0.3) is 34.0 Å². The number of amides is 6. The van der Waals surface area contributed by atoms with E-state index < -0.39 is 94.9 Å². The van der Waals surface area contributed by atoms with Crippen LogP contribution in [0.1, 0.15) is 207 Å². The summed E-state index contributed by atoms with van der Waals surface area (Å²) in [6.07, 6.45) is 12.3. The van der Waals surface area contributed by atoms with E-state index in [0.29, 0.717) is 121 Å². The summed E-state index contributed by atoms with van der Waals surface area (Å²) in [6, 6.07) is 15.4. The van der Waals surface area contributed by atoms with Crippen molar-refractivity contribution in [1.29, 1.82) is 0 Å². The summed E-state index contributed by atoms with van der Waals surface area (Å²) in [5.41, 5.74) is 8.47. The molecule has 24 nitrogen and oxygen atoms in total. The summed E-state index contributed by atoms with van der Waals surface area (Å²) in [5, 5.41) is 26.1. The predicted molar refractivity (Wildman–Crippen MR) is 373 cm³/mol. The van der Waals surface area contributed by atoms with Crippen molar-refractivity contribution in [2.24, 2.45) is 22.7 Å². The average Bonchev–Trinajstić information content (AvgIpc) is 1.25. The van der Waals surface area contributed by atoms with Crippen LogP contribution in [-0.2, 0) is 62.2 Å². The third kappa shape index (κ3) is 20.1. The molecule has 6 heterocycles. The molecule has 2 saturated carbocycles. The van der Waals surface area contributed by atoms with Crippen molar-refractivity contribution in [1.82, 2.24) is 52.1 Å². The number of carbonyl (C=O) groups excluding carboxylic acids is 10. The topological polar surface area (TPSA) is 323 Å². The van der Waals surface area contributed by atoms with E-state index in [1.165, 1.54) is 10.0 Å². The van der Waals surface area contributed by atoms with Crippen LogP contribution in [0.4, 0.5) is 0 Å². The van der Waals surface area contributed by atoms with Crippen LogP contribution >= 0.6 is 11.6 Å². The van der Waals surface area contributed by atoms with Crippen LogP contribution in [0, 0.1) is 22.7 Å². The van der Waals surface area contributed by atoms with Crippen molar-refractivity contribution in [2.75, 3.05) is 13.1 Å². The largest absolute Gasteiger partial charge is 0.462 e. The number of fused-ring (bicyclic) bond motifs is 8. The first-order valence-corrected chi connectivity index (χ1v) is 35.5. The fourth-order valence-electron chi connectivity index (χ4n) is 13.0. The molecule has 2 aromatic carbocycles. The second-order valence-electron chi connectivity index (χ2n) is 27.8. The zero-order chi connectivity index (χ0) is 71.9. The summed E-state index contributed by atoms with van der Waals surface area (Å²) >= 11 is 4.94. The van der Waals surface area contributed by atoms with Crippen LogP contribution in [0.15, 0.2) is 72.8 Å². The minimum absolute atomic E-state index is 0.238. The van der Waals surface area contributed by atoms with E-state index >= 15 is 0 Å². The molecule has 10 rings (SSSR count). The zero-order valence-corrected chi connectivity index (χ0v) is 59.4. The van der Waals surface area contributed by atoms with E-state index in [4.69, 9.17) is 35.8 Å². The van der Waals surface area contributed by atoms with Gasteiger partial charge >= 0.3 is 17.9 Å². The van der Waals surface area contributed by atoms with Crippen LogP contribution in [0.5, 0.6) is 0 Å². The molecular weight excluding hydrogens is 1290 g/mol. The quantitative estimate of drug-likeness (QED) is 0.0516. The molecule has 8 atom stereocenters. The fraction of sp³-hybridized carbons (Fsp3) is 0.568. The van der Waals surface area contributed by atoms with Gasteiger partial charge in [0.15, 0.2) is 12.2 Å². The van der Waals surface area contributed by atoms with E-state index in [1.807, 2.05) is 113 Å². The lowest BCUT2D eigenvalue weighted by atomic mass is 9.72. The number of hydrazine groups is 2. The minimum atomic E-state index is -1.15. The lowest BCUT2D eigenvalue weighted by molar-refractivity contribution is -0.170. The maximum atomic E-state index is 14.2. The molecule has 6 aliphatic rings. The minimum Gasteiger partial charge on any atom is -0.462 e. The Hall–Kier alpha value is -8.19. The standard InChI is InChI=1S/C37H49N5O7.C33H43N5O6.C4H7ClO/c1-6-8-31(43)48-27-15-18-37(19-16-27)17-14-25-10-11-26-12-13-28(40-30(26)21-25)23(4)38-33(44)29-9-7-20-42(41-29)35(46)24(5)39-34(45)32(22(2)3)49-36(37)47;1-19(2)28-30(41)35-21(4)31(42)38-17-5-6-26(37-38)29(40)34-20(3)25-10-9-23-8-7-22(18-27(23)36-25)11-14-33(32(43)44-28)15-12-24(39)13-16-33;1-2-3-4(5)6/h10-14,17,21-24,27,29,32,41H,6-9,15-16,18-20H2,1-5H3,(H,38,44)(H,39,45);7-11,14,18-21,24,26,28,37,39H,5-6,12-13,15-17H2,1-4H3,(H,34,40)(H,35,41);2-3H2,1H3/b17-14+;14-11+;/t23-,24+,27?,29+,32+,37?;20-,21+,24?,26+,28+,33?;/m11./s1. The maximum absolute atomic E-state index is 14.2. The lowest BCUT2D eigenvalue weighted by Gasteiger charge is -2.37. The molecule has 536 valence electrons. The van der Waals surface area contributed by atoms with Gasteiger partial charge in [-0.05, 0) is 176 Å². The Morgan fingerprint density at radius 3 is 1.34 bits per heavy atom. The van der Waals surface area contributed by atoms with Crippen LogP contribution < -0.4 is 32.1 Å². The summed E-state index contributed by atoms with van der Waals surface area (Å²) in [6.45, 7) is 18.6. The van der Waals surface area contributed by atoms with Gasteiger partial charge in [0.05, 0.1) is 51.4 Å². The number of nitrogens with zero attached hydrogens (tertiary/aromatic N) is 4. The highest BCUT2D eigenvalue weighted by atomic mass is 35.5. The number of rotatable bonds is 7. The summed E-state index contributed by atoms with van der Waals surface area (Å²) in [4.78, 5) is 140. The first-order valence-electron chi connectivity index (χ1n) is 35.2. The van der Waals surface area contributed by atoms with Crippen LogP contribution in [0.3, 0.4) is 0 Å². The van der Waals surface area contributed by atoms with Crippen molar-refractivity contribution >= 4 is 104 Å². The number of pyridine rings is 2. The molecule has 25 heteroatoms. The van der Waals surface area contributed by atoms with E-state index in [1.54, 1.807) is 41.5 Å². The molecule has 6 amide bonds. The molecule has 7 N–H and O–H groups in total. The van der Waals surface area contributed by atoms with Crippen molar-refractivity contribution in [2.45, 2.75) is 233 Å². The van der Waals surface area contributed by atoms with E-state index in [9.17, 15) is 53.1 Å². The van der Waals surface area contributed by atoms with Gasteiger partial charge in [0.2, 0.25) is 17.1 Å². The Kier molecular flexibility index (Phi) is 26.9. The molecule has 2 aliphatic carbocycles. The van der Waals surface area contributed by atoms with E-state index in [-0.39, 0.29) is 47.0 Å². The number of aliphatic hydroxyl groups excluding tert-OH is 1. The zero-order valence-electron chi connectivity index (χ0n) is 58.7. The molecule has 2 spiro atoms. The Balaban J connectivity index is 0.000000234.